The van der Waals surface area contributed by atoms with Gasteiger partial charge in [0.25, 0.3) is 5.91 Å². The SMILES string of the molecule is CC1c2cccnc2C(F)(F)CN1C(=O)c1nc2c(Cl)cccc2[nH]1. The molecule has 0 spiro atoms. The number of pyridine rings is 1. The number of H-pyrrole nitrogens is 1. The highest BCUT2D eigenvalue weighted by atomic mass is 35.5. The summed E-state index contributed by atoms with van der Waals surface area (Å²) in [6, 6.07) is 7.70. The van der Waals surface area contributed by atoms with Crippen LogP contribution in [0.5, 0.6) is 0 Å². The Morgan fingerprint density at radius 2 is 2.16 bits per heavy atom. The van der Waals surface area contributed by atoms with Crippen molar-refractivity contribution in [1.29, 1.82) is 0 Å². The minimum atomic E-state index is -3.22. The second-order valence-electron chi connectivity index (χ2n) is 5.98. The van der Waals surface area contributed by atoms with E-state index in [1.54, 1.807) is 37.3 Å². The highest BCUT2D eigenvalue weighted by Crippen LogP contribution is 2.41. The van der Waals surface area contributed by atoms with Crippen molar-refractivity contribution < 1.29 is 13.6 Å². The van der Waals surface area contributed by atoms with E-state index < -0.39 is 24.4 Å². The Hall–Kier alpha value is -2.54. The molecule has 8 heteroatoms. The molecule has 0 fully saturated rings. The van der Waals surface area contributed by atoms with Crippen LogP contribution >= 0.6 is 11.6 Å². The van der Waals surface area contributed by atoms with E-state index in [4.69, 9.17) is 11.6 Å². The third-order valence-electron chi connectivity index (χ3n) is 4.40. The number of para-hydroxylation sites is 1. The molecule has 0 aliphatic carbocycles. The predicted molar refractivity (Wildman–Crippen MR) is 88.7 cm³/mol. The Morgan fingerprint density at radius 1 is 1.36 bits per heavy atom. The van der Waals surface area contributed by atoms with E-state index >= 15 is 0 Å². The molecule has 3 heterocycles. The first-order valence-electron chi connectivity index (χ1n) is 7.67. The second kappa shape index (κ2) is 5.49. The van der Waals surface area contributed by atoms with Crippen molar-refractivity contribution in [2.45, 2.75) is 18.9 Å². The van der Waals surface area contributed by atoms with E-state index in [1.165, 1.54) is 6.20 Å². The molecule has 3 aromatic rings. The normalized spacial score (nSPS) is 19.0. The Labute approximate surface area is 146 Å². The second-order valence-corrected chi connectivity index (χ2v) is 6.38. The summed E-state index contributed by atoms with van der Waals surface area (Å²) in [5.41, 5.74) is 1.07. The molecule has 5 nitrogen and oxygen atoms in total. The summed E-state index contributed by atoms with van der Waals surface area (Å²) in [6.07, 6.45) is 1.33. The summed E-state index contributed by atoms with van der Waals surface area (Å²) in [6.45, 7) is 0.949. The number of aromatic nitrogens is 3. The predicted octanol–water partition coefficient (Wildman–Crippen LogP) is 3.92. The Bertz CT molecular complexity index is 988. The maximum atomic E-state index is 14.5. The third-order valence-corrected chi connectivity index (χ3v) is 4.70. The molecule has 0 bridgehead atoms. The van der Waals surface area contributed by atoms with Gasteiger partial charge < -0.3 is 9.88 Å². The number of alkyl halides is 2. The van der Waals surface area contributed by atoms with Crippen molar-refractivity contribution in [3.8, 4) is 0 Å². The van der Waals surface area contributed by atoms with Crippen molar-refractivity contribution in [2.75, 3.05) is 6.54 Å². The molecule has 1 atom stereocenters. The molecule has 1 N–H and O–H groups in total. The van der Waals surface area contributed by atoms with Gasteiger partial charge in [-0.25, -0.2) is 4.98 Å². The number of aromatic amines is 1. The maximum Gasteiger partial charge on any atom is 0.307 e. The summed E-state index contributed by atoms with van der Waals surface area (Å²) in [7, 11) is 0. The molecule has 1 amide bonds. The van der Waals surface area contributed by atoms with Gasteiger partial charge in [0.15, 0.2) is 5.82 Å². The maximum absolute atomic E-state index is 14.5. The first kappa shape index (κ1) is 16.0. The number of amides is 1. The molecule has 25 heavy (non-hydrogen) atoms. The lowest BCUT2D eigenvalue weighted by Crippen LogP contribution is -2.46. The zero-order valence-electron chi connectivity index (χ0n) is 13.1. The van der Waals surface area contributed by atoms with Gasteiger partial charge in [-0.3, -0.25) is 9.78 Å². The Balaban J connectivity index is 1.76. The smallest absolute Gasteiger partial charge is 0.307 e. The zero-order chi connectivity index (χ0) is 17.8. The minimum Gasteiger partial charge on any atom is -0.334 e. The number of carbonyl (C=O) groups is 1. The van der Waals surface area contributed by atoms with Gasteiger partial charge in [0.1, 0.15) is 11.2 Å². The molecule has 2 aromatic heterocycles. The number of nitrogens with zero attached hydrogens (tertiary/aromatic N) is 3. The van der Waals surface area contributed by atoms with Gasteiger partial charge in [0.05, 0.1) is 23.1 Å². The topological polar surface area (TPSA) is 61.9 Å². The lowest BCUT2D eigenvalue weighted by molar-refractivity contribution is -0.0570. The van der Waals surface area contributed by atoms with Gasteiger partial charge in [-0.1, -0.05) is 23.7 Å². The van der Waals surface area contributed by atoms with Crippen LogP contribution in [0.3, 0.4) is 0 Å². The largest absolute Gasteiger partial charge is 0.334 e. The summed E-state index contributed by atoms with van der Waals surface area (Å²) in [5, 5.41) is 0.388. The van der Waals surface area contributed by atoms with Gasteiger partial charge in [0, 0.05) is 11.8 Å². The molecule has 1 aliphatic rings. The number of halogens is 3. The van der Waals surface area contributed by atoms with Crippen LogP contribution in [0.15, 0.2) is 36.5 Å². The number of imidazole rings is 1. The quantitative estimate of drug-likeness (QED) is 0.713. The fraction of sp³-hybridized carbons (Fsp3) is 0.235. The average molecular weight is 363 g/mol. The van der Waals surface area contributed by atoms with Crippen LogP contribution in [0, 0.1) is 0 Å². The number of benzene rings is 1. The molecule has 1 aromatic carbocycles. The molecule has 0 saturated carbocycles. The highest BCUT2D eigenvalue weighted by Gasteiger charge is 2.46. The molecular weight excluding hydrogens is 350 g/mol. The van der Waals surface area contributed by atoms with E-state index in [0.717, 1.165) is 4.90 Å². The van der Waals surface area contributed by atoms with Crippen LogP contribution in [0.2, 0.25) is 5.02 Å². The van der Waals surface area contributed by atoms with E-state index in [2.05, 4.69) is 15.0 Å². The number of rotatable bonds is 1. The first-order chi connectivity index (χ1) is 11.9. The molecular formula is C17H13ClF2N4O. The number of nitrogens with one attached hydrogen (secondary N) is 1. The van der Waals surface area contributed by atoms with Gasteiger partial charge >= 0.3 is 5.92 Å². The van der Waals surface area contributed by atoms with Crippen molar-refractivity contribution in [1.82, 2.24) is 19.9 Å². The van der Waals surface area contributed by atoms with Crippen molar-refractivity contribution in [3.05, 3.63) is 58.6 Å². The van der Waals surface area contributed by atoms with Crippen molar-refractivity contribution >= 4 is 28.5 Å². The summed E-state index contributed by atoms with van der Waals surface area (Å²) in [4.78, 5) is 24.8. The molecule has 0 saturated heterocycles. The average Bonchev–Trinajstić information content (AvgIpc) is 3.03. The summed E-state index contributed by atoms with van der Waals surface area (Å²) >= 11 is 6.07. The first-order valence-corrected chi connectivity index (χ1v) is 8.05. The highest BCUT2D eigenvalue weighted by molar-refractivity contribution is 6.35. The fourth-order valence-electron chi connectivity index (χ4n) is 3.14. The number of fused-ring (bicyclic) bond motifs is 2. The number of hydrogen-bond donors (Lipinski definition) is 1. The summed E-state index contributed by atoms with van der Waals surface area (Å²) < 4.78 is 28.9. The standard InChI is InChI=1S/C17H13ClF2N4O/c1-9-10-4-3-7-21-14(10)17(19,20)8-24(9)16(25)15-22-12-6-2-5-11(18)13(12)23-15/h2-7,9H,8H2,1H3,(H,22,23). The number of carbonyl (C=O) groups excluding carboxylic acids is 1. The Morgan fingerprint density at radius 3 is 2.92 bits per heavy atom. The lowest BCUT2D eigenvalue weighted by Gasteiger charge is -2.38. The van der Waals surface area contributed by atoms with Crippen LogP contribution in [-0.2, 0) is 5.92 Å². The third kappa shape index (κ3) is 2.46. The zero-order valence-corrected chi connectivity index (χ0v) is 13.9. The minimum absolute atomic E-state index is 0.0157. The fourth-order valence-corrected chi connectivity index (χ4v) is 3.35. The van der Waals surface area contributed by atoms with Crippen molar-refractivity contribution in [3.63, 3.8) is 0 Å². The lowest BCUT2D eigenvalue weighted by atomic mass is 9.95. The molecule has 1 unspecified atom stereocenters. The van der Waals surface area contributed by atoms with Crippen LogP contribution < -0.4 is 0 Å². The van der Waals surface area contributed by atoms with Crippen LogP contribution in [0.25, 0.3) is 11.0 Å². The monoisotopic (exact) mass is 362 g/mol. The van der Waals surface area contributed by atoms with Crippen molar-refractivity contribution in [2.24, 2.45) is 0 Å². The van der Waals surface area contributed by atoms with Crippen LogP contribution in [0.4, 0.5) is 8.78 Å². The van der Waals surface area contributed by atoms with Crippen LogP contribution in [0.1, 0.15) is 34.8 Å². The molecule has 4 rings (SSSR count). The van der Waals surface area contributed by atoms with Gasteiger partial charge in [-0.05, 0) is 25.1 Å². The van der Waals surface area contributed by atoms with Gasteiger partial charge in [0.2, 0.25) is 0 Å². The van der Waals surface area contributed by atoms with E-state index in [-0.39, 0.29) is 11.5 Å². The van der Waals surface area contributed by atoms with E-state index in [1.807, 2.05) is 0 Å². The Kier molecular flexibility index (Phi) is 3.50. The molecule has 128 valence electrons. The molecule has 1 aliphatic heterocycles. The number of hydrogen-bond acceptors (Lipinski definition) is 3. The van der Waals surface area contributed by atoms with Crippen LogP contribution in [-0.4, -0.2) is 32.3 Å². The van der Waals surface area contributed by atoms with E-state index in [9.17, 15) is 13.6 Å². The van der Waals surface area contributed by atoms with Gasteiger partial charge in [-0.15, -0.1) is 0 Å². The molecule has 0 radical (unpaired) electrons. The van der Waals surface area contributed by atoms with Gasteiger partial charge in [-0.2, -0.15) is 8.78 Å². The van der Waals surface area contributed by atoms with E-state index in [0.29, 0.717) is 21.6 Å². The summed E-state index contributed by atoms with van der Waals surface area (Å²) in [5.74, 6) is -3.84.